The van der Waals surface area contributed by atoms with Crippen molar-refractivity contribution in [1.82, 2.24) is 9.80 Å². The Balaban J connectivity index is 1.34. The van der Waals surface area contributed by atoms with E-state index in [1.54, 1.807) is 24.3 Å². The molecular formula is C28H31N3O3S. The first-order chi connectivity index (χ1) is 16.9. The van der Waals surface area contributed by atoms with E-state index in [4.69, 9.17) is 0 Å². The van der Waals surface area contributed by atoms with Gasteiger partial charge in [-0.05, 0) is 35.4 Å². The van der Waals surface area contributed by atoms with Crippen LogP contribution in [-0.4, -0.2) is 63.1 Å². The normalized spacial score (nSPS) is 14.8. The molecule has 0 spiro atoms. The molecule has 1 fully saturated rings. The molecule has 6 nitrogen and oxygen atoms in total. The number of nitrogens with zero attached hydrogens (tertiary/aromatic N) is 3. The molecule has 1 aliphatic heterocycles. The third-order valence-electron chi connectivity index (χ3n) is 6.10. The van der Waals surface area contributed by atoms with E-state index in [0.29, 0.717) is 24.3 Å². The van der Waals surface area contributed by atoms with E-state index in [1.165, 1.54) is 16.1 Å². The summed E-state index contributed by atoms with van der Waals surface area (Å²) < 4.78 is 26.2. The monoisotopic (exact) mass is 489 g/mol. The molecular weight excluding hydrogens is 458 g/mol. The Morgan fingerprint density at radius 1 is 0.857 bits per heavy atom. The van der Waals surface area contributed by atoms with Gasteiger partial charge in [-0.1, -0.05) is 72.8 Å². The fraction of sp³-hybridized carbons (Fsp3) is 0.250. The molecule has 1 aliphatic rings. The predicted octanol–water partition coefficient (Wildman–Crippen LogP) is 4.12. The first kappa shape index (κ1) is 24.7. The van der Waals surface area contributed by atoms with Crippen molar-refractivity contribution in [2.24, 2.45) is 0 Å². The van der Waals surface area contributed by atoms with Crippen LogP contribution in [0.1, 0.15) is 21.5 Å². The van der Waals surface area contributed by atoms with E-state index in [0.717, 1.165) is 25.2 Å². The molecule has 0 saturated carbocycles. The number of rotatable bonds is 8. The molecule has 35 heavy (non-hydrogen) atoms. The highest BCUT2D eigenvalue weighted by atomic mass is 32.2. The zero-order valence-corrected chi connectivity index (χ0v) is 20.8. The van der Waals surface area contributed by atoms with Crippen molar-refractivity contribution in [2.45, 2.75) is 6.54 Å². The van der Waals surface area contributed by atoms with Gasteiger partial charge >= 0.3 is 0 Å². The maximum atomic E-state index is 13.0. The number of anilines is 1. The summed E-state index contributed by atoms with van der Waals surface area (Å²) in [7, 11) is -3.47. The molecule has 0 unspecified atom stereocenters. The highest BCUT2D eigenvalue weighted by Crippen LogP contribution is 2.22. The topological polar surface area (TPSA) is 60.9 Å². The summed E-state index contributed by atoms with van der Waals surface area (Å²) in [5.74, 6) is -0.0232. The van der Waals surface area contributed by atoms with E-state index in [9.17, 15) is 13.2 Å². The molecule has 1 heterocycles. The van der Waals surface area contributed by atoms with Crippen LogP contribution in [0.15, 0.2) is 91.0 Å². The van der Waals surface area contributed by atoms with Crippen LogP contribution in [0.2, 0.25) is 0 Å². The first-order valence-electron chi connectivity index (χ1n) is 11.7. The third kappa shape index (κ3) is 6.81. The molecule has 0 bridgehead atoms. The summed E-state index contributed by atoms with van der Waals surface area (Å²) in [4.78, 5) is 17.2. The second-order valence-corrected chi connectivity index (χ2v) is 10.6. The van der Waals surface area contributed by atoms with Crippen molar-refractivity contribution in [3.8, 4) is 0 Å². The molecule has 0 aromatic heterocycles. The van der Waals surface area contributed by atoms with E-state index in [1.807, 2.05) is 53.4 Å². The van der Waals surface area contributed by atoms with Crippen LogP contribution in [0, 0.1) is 0 Å². The van der Waals surface area contributed by atoms with Gasteiger partial charge in [0.2, 0.25) is 10.0 Å². The smallest absolute Gasteiger partial charge is 0.253 e. The summed E-state index contributed by atoms with van der Waals surface area (Å²) in [5, 5.41) is 0. The van der Waals surface area contributed by atoms with Crippen molar-refractivity contribution >= 4 is 27.7 Å². The summed E-state index contributed by atoms with van der Waals surface area (Å²) in [6.07, 6.45) is 5.48. The van der Waals surface area contributed by atoms with Crippen molar-refractivity contribution in [1.29, 1.82) is 0 Å². The Kier molecular flexibility index (Phi) is 8.00. The SMILES string of the molecule is CS(=O)(=O)N(Cc1ccccc1)c1ccc(C(=O)N2CCN(C/C=C/c3ccccc3)CC2)cc1. The third-order valence-corrected chi connectivity index (χ3v) is 7.25. The lowest BCUT2D eigenvalue weighted by Gasteiger charge is -2.34. The molecule has 0 atom stereocenters. The van der Waals surface area contributed by atoms with Crippen LogP contribution in [0.3, 0.4) is 0 Å². The standard InChI is InChI=1S/C28H31N3O3S/c1-35(33,34)31(23-25-11-6-3-7-12-25)27-16-14-26(15-17-27)28(32)30-21-19-29(20-22-30)18-8-13-24-9-4-2-5-10-24/h2-17H,18-23H2,1H3/b13-8+. The Hall–Kier alpha value is -3.42. The van der Waals surface area contributed by atoms with Crippen LogP contribution >= 0.6 is 0 Å². The predicted molar refractivity (Wildman–Crippen MR) is 142 cm³/mol. The van der Waals surface area contributed by atoms with Gasteiger partial charge in [0.25, 0.3) is 5.91 Å². The van der Waals surface area contributed by atoms with E-state index >= 15 is 0 Å². The number of hydrogen-bond acceptors (Lipinski definition) is 4. The molecule has 1 saturated heterocycles. The zero-order chi connectivity index (χ0) is 24.7. The van der Waals surface area contributed by atoms with E-state index in [2.05, 4.69) is 29.2 Å². The van der Waals surface area contributed by atoms with E-state index in [-0.39, 0.29) is 12.5 Å². The second-order valence-electron chi connectivity index (χ2n) is 8.71. The highest BCUT2D eigenvalue weighted by molar-refractivity contribution is 7.92. The minimum Gasteiger partial charge on any atom is -0.336 e. The molecule has 182 valence electrons. The maximum absolute atomic E-state index is 13.0. The highest BCUT2D eigenvalue weighted by Gasteiger charge is 2.23. The molecule has 1 amide bonds. The summed E-state index contributed by atoms with van der Waals surface area (Å²) in [5.41, 5.74) is 3.19. The average molecular weight is 490 g/mol. The Bertz CT molecular complexity index is 1240. The lowest BCUT2D eigenvalue weighted by molar-refractivity contribution is 0.0650. The minimum atomic E-state index is -3.47. The van der Waals surface area contributed by atoms with Gasteiger partial charge in [0.1, 0.15) is 0 Å². The molecule has 7 heteroatoms. The van der Waals surface area contributed by atoms with Gasteiger partial charge < -0.3 is 4.90 Å². The summed E-state index contributed by atoms with van der Waals surface area (Å²) >= 11 is 0. The van der Waals surface area contributed by atoms with Crippen LogP contribution < -0.4 is 4.31 Å². The van der Waals surface area contributed by atoms with Crippen LogP contribution in [0.5, 0.6) is 0 Å². The lowest BCUT2D eigenvalue weighted by atomic mass is 10.1. The number of hydrogen-bond donors (Lipinski definition) is 0. The quantitative estimate of drug-likeness (QED) is 0.478. The molecule has 0 radical (unpaired) electrons. The van der Waals surface area contributed by atoms with Gasteiger partial charge in [-0.2, -0.15) is 0 Å². The van der Waals surface area contributed by atoms with Crippen LogP contribution in [-0.2, 0) is 16.6 Å². The fourth-order valence-electron chi connectivity index (χ4n) is 4.14. The largest absolute Gasteiger partial charge is 0.336 e. The van der Waals surface area contributed by atoms with Crippen molar-refractivity contribution in [3.63, 3.8) is 0 Å². The summed E-state index contributed by atoms with van der Waals surface area (Å²) in [6.45, 7) is 4.08. The number of amides is 1. The number of benzene rings is 3. The lowest BCUT2D eigenvalue weighted by Crippen LogP contribution is -2.48. The van der Waals surface area contributed by atoms with Crippen LogP contribution in [0.25, 0.3) is 6.08 Å². The van der Waals surface area contributed by atoms with Gasteiger partial charge in [-0.3, -0.25) is 14.0 Å². The van der Waals surface area contributed by atoms with Crippen molar-refractivity contribution in [2.75, 3.05) is 43.3 Å². The Labute approximate surface area is 208 Å². The Morgan fingerprint density at radius 3 is 2.06 bits per heavy atom. The van der Waals surface area contributed by atoms with Gasteiger partial charge in [0, 0.05) is 38.3 Å². The van der Waals surface area contributed by atoms with Gasteiger partial charge in [0.15, 0.2) is 0 Å². The number of piperazine rings is 1. The number of sulfonamides is 1. The molecule has 4 rings (SSSR count). The average Bonchev–Trinajstić information content (AvgIpc) is 2.88. The number of carbonyl (C=O) groups excluding carboxylic acids is 1. The molecule has 3 aromatic carbocycles. The first-order valence-corrected chi connectivity index (χ1v) is 13.6. The van der Waals surface area contributed by atoms with Crippen molar-refractivity contribution in [3.05, 3.63) is 108 Å². The van der Waals surface area contributed by atoms with E-state index < -0.39 is 10.0 Å². The fourth-order valence-corrected chi connectivity index (χ4v) is 5.03. The van der Waals surface area contributed by atoms with Gasteiger partial charge in [-0.15, -0.1) is 0 Å². The maximum Gasteiger partial charge on any atom is 0.253 e. The minimum absolute atomic E-state index is 0.0232. The zero-order valence-electron chi connectivity index (χ0n) is 20.0. The van der Waals surface area contributed by atoms with Crippen LogP contribution in [0.4, 0.5) is 5.69 Å². The van der Waals surface area contributed by atoms with Crippen molar-refractivity contribution < 1.29 is 13.2 Å². The molecule has 0 aliphatic carbocycles. The number of carbonyl (C=O) groups is 1. The second kappa shape index (κ2) is 11.3. The molecule has 3 aromatic rings. The van der Waals surface area contributed by atoms with Gasteiger partial charge in [-0.25, -0.2) is 8.42 Å². The van der Waals surface area contributed by atoms with Gasteiger partial charge in [0.05, 0.1) is 18.5 Å². The summed E-state index contributed by atoms with van der Waals surface area (Å²) in [6, 6.07) is 26.5. The Morgan fingerprint density at radius 2 is 1.46 bits per heavy atom. The molecule has 0 N–H and O–H groups in total.